The molecule has 2 fully saturated rings. The van der Waals surface area contributed by atoms with Crippen LogP contribution in [0.15, 0.2) is 29.2 Å². The number of fused-ring (bicyclic) bond motifs is 1. The van der Waals surface area contributed by atoms with E-state index in [1.807, 2.05) is 0 Å². The molecule has 1 N–H and O–H groups in total. The summed E-state index contributed by atoms with van der Waals surface area (Å²) in [6.45, 7) is 4.80. The van der Waals surface area contributed by atoms with Crippen LogP contribution in [0.2, 0.25) is 0 Å². The Kier molecular flexibility index (Phi) is 5.50. The van der Waals surface area contributed by atoms with E-state index in [2.05, 4.69) is 36.5 Å². The van der Waals surface area contributed by atoms with Crippen LogP contribution in [-0.4, -0.2) is 66.5 Å². The summed E-state index contributed by atoms with van der Waals surface area (Å²) in [6, 6.07) is 8.44. The highest BCUT2D eigenvalue weighted by molar-refractivity contribution is 7.99. The highest BCUT2D eigenvalue weighted by Gasteiger charge is 2.38. The predicted octanol–water partition coefficient (Wildman–Crippen LogP) is 2.32. The summed E-state index contributed by atoms with van der Waals surface area (Å²) in [6.07, 6.45) is 0.670. The molecule has 3 amide bonds. The van der Waals surface area contributed by atoms with E-state index in [0.717, 1.165) is 12.2 Å². The van der Waals surface area contributed by atoms with Crippen LogP contribution < -0.4 is 5.32 Å². The molecule has 0 saturated carbocycles. The number of amides is 3. The van der Waals surface area contributed by atoms with Crippen molar-refractivity contribution in [3.05, 3.63) is 29.8 Å². The van der Waals surface area contributed by atoms with Crippen LogP contribution in [0.4, 0.5) is 9.59 Å². The molecule has 0 spiro atoms. The van der Waals surface area contributed by atoms with Gasteiger partial charge in [-0.1, -0.05) is 17.7 Å². The molecule has 0 aromatic heterocycles. The molecule has 2 aliphatic rings. The van der Waals surface area contributed by atoms with Crippen LogP contribution in [0.3, 0.4) is 0 Å². The molecule has 1 aromatic carbocycles. The number of thioether (sulfide) groups is 1. The van der Waals surface area contributed by atoms with Gasteiger partial charge in [-0.15, -0.1) is 11.8 Å². The van der Waals surface area contributed by atoms with Gasteiger partial charge in [0.25, 0.3) is 0 Å². The molecule has 2 heterocycles. The Labute approximate surface area is 146 Å². The van der Waals surface area contributed by atoms with Crippen LogP contribution >= 0.6 is 11.8 Å². The zero-order valence-electron chi connectivity index (χ0n) is 13.9. The van der Waals surface area contributed by atoms with Crippen LogP contribution in [0.5, 0.6) is 0 Å². The van der Waals surface area contributed by atoms with Gasteiger partial charge in [0.1, 0.15) is 6.61 Å². The Morgan fingerprint density at radius 1 is 1.33 bits per heavy atom. The zero-order chi connectivity index (χ0) is 16.9. The first-order valence-electron chi connectivity index (χ1n) is 8.29. The van der Waals surface area contributed by atoms with Crippen molar-refractivity contribution < 1.29 is 14.3 Å². The zero-order valence-corrected chi connectivity index (χ0v) is 14.7. The number of nitrogens with zero attached hydrogens (tertiary/aromatic N) is 2. The van der Waals surface area contributed by atoms with Gasteiger partial charge < -0.3 is 15.0 Å². The number of ether oxygens (including phenoxy) is 1. The summed E-state index contributed by atoms with van der Waals surface area (Å²) in [5.41, 5.74) is 1.26. The number of rotatable bonds is 5. The van der Waals surface area contributed by atoms with Crippen molar-refractivity contribution >= 4 is 23.9 Å². The maximum atomic E-state index is 12.2. The van der Waals surface area contributed by atoms with Crippen molar-refractivity contribution in [1.29, 1.82) is 0 Å². The molecule has 7 heteroatoms. The highest BCUT2D eigenvalue weighted by Crippen LogP contribution is 2.19. The second-order valence-electron chi connectivity index (χ2n) is 6.12. The first-order valence-corrected chi connectivity index (χ1v) is 9.27. The summed E-state index contributed by atoms with van der Waals surface area (Å²) in [4.78, 5) is 28.4. The smallest absolute Gasteiger partial charge is 0.410 e. The summed E-state index contributed by atoms with van der Waals surface area (Å²) in [5.74, 6) is 0.974. The average Bonchev–Trinajstić information content (AvgIpc) is 2.96. The maximum absolute atomic E-state index is 12.2. The number of hydrogen-bond acceptors (Lipinski definition) is 4. The molecule has 1 atom stereocenters. The van der Waals surface area contributed by atoms with Crippen molar-refractivity contribution in [2.45, 2.75) is 24.3 Å². The molecular weight excluding hydrogens is 326 g/mol. The lowest BCUT2D eigenvalue weighted by Crippen LogP contribution is -2.56. The van der Waals surface area contributed by atoms with Crippen molar-refractivity contribution in [2.24, 2.45) is 0 Å². The van der Waals surface area contributed by atoms with Crippen molar-refractivity contribution in [3.63, 3.8) is 0 Å². The molecule has 130 valence electrons. The number of carbonyl (C=O) groups excluding carboxylic acids is 2. The largest absolute Gasteiger partial charge is 0.447 e. The number of nitrogens with one attached hydrogen (secondary N) is 1. The Morgan fingerprint density at radius 2 is 2.12 bits per heavy atom. The van der Waals surface area contributed by atoms with E-state index in [-0.39, 0.29) is 18.2 Å². The third-order valence-corrected chi connectivity index (χ3v) is 5.39. The van der Waals surface area contributed by atoms with Crippen molar-refractivity contribution in [1.82, 2.24) is 15.1 Å². The molecule has 0 radical (unpaired) electrons. The van der Waals surface area contributed by atoms with Gasteiger partial charge in [0, 0.05) is 31.1 Å². The molecule has 24 heavy (non-hydrogen) atoms. The topological polar surface area (TPSA) is 61.9 Å². The SMILES string of the molecule is Cc1ccc(SCCCNC(=O)N2CCN3C(=O)OC[C@H]3C2)cc1. The van der Waals surface area contributed by atoms with E-state index >= 15 is 0 Å². The van der Waals surface area contributed by atoms with Crippen molar-refractivity contribution in [3.8, 4) is 0 Å². The van der Waals surface area contributed by atoms with Crippen LogP contribution in [0.1, 0.15) is 12.0 Å². The van der Waals surface area contributed by atoms with Crippen LogP contribution in [0.25, 0.3) is 0 Å². The first-order chi connectivity index (χ1) is 11.6. The fourth-order valence-electron chi connectivity index (χ4n) is 2.88. The monoisotopic (exact) mass is 349 g/mol. The van der Waals surface area contributed by atoms with E-state index in [9.17, 15) is 9.59 Å². The Morgan fingerprint density at radius 3 is 2.92 bits per heavy atom. The number of aryl methyl sites for hydroxylation is 1. The minimum Gasteiger partial charge on any atom is -0.447 e. The molecule has 6 nitrogen and oxygen atoms in total. The van der Waals surface area contributed by atoms with E-state index in [4.69, 9.17) is 4.74 Å². The van der Waals surface area contributed by atoms with Crippen LogP contribution in [0, 0.1) is 6.92 Å². The Hall–Kier alpha value is -1.89. The normalized spacial score (nSPS) is 19.9. The summed E-state index contributed by atoms with van der Waals surface area (Å²) in [5, 5.41) is 2.97. The van der Waals surface area contributed by atoms with Gasteiger partial charge in [-0.2, -0.15) is 0 Å². The molecule has 0 aliphatic carbocycles. The fraction of sp³-hybridized carbons (Fsp3) is 0.529. The number of urea groups is 1. The van der Waals surface area contributed by atoms with Gasteiger partial charge in [0.05, 0.1) is 6.04 Å². The molecule has 2 saturated heterocycles. The van der Waals surface area contributed by atoms with Gasteiger partial charge >= 0.3 is 12.1 Å². The summed E-state index contributed by atoms with van der Waals surface area (Å²) >= 11 is 1.80. The Balaban J connectivity index is 1.33. The van der Waals surface area contributed by atoms with Crippen molar-refractivity contribution in [2.75, 3.05) is 38.5 Å². The summed E-state index contributed by atoms with van der Waals surface area (Å²) < 4.78 is 5.02. The van der Waals surface area contributed by atoms with Gasteiger partial charge in [-0.05, 0) is 31.2 Å². The second-order valence-corrected chi connectivity index (χ2v) is 7.29. The average molecular weight is 349 g/mol. The van der Waals surface area contributed by atoms with Gasteiger partial charge in [0.2, 0.25) is 0 Å². The number of hydrogen-bond donors (Lipinski definition) is 1. The lowest BCUT2D eigenvalue weighted by atomic mass is 10.2. The molecule has 0 bridgehead atoms. The van der Waals surface area contributed by atoms with E-state index in [1.54, 1.807) is 21.6 Å². The maximum Gasteiger partial charge on any atom is 0.410 e. The highest BCUT2D eigenvalue weighted by atomic mass is 32.2. The van der Waals surface area contributed by atoms with Crippen LogP contribution in [-0.2, 0) is 4.74 Å². The first kappa shape index (κ1) is 17.0. The number of cyclic esters (lactones) is 1. The quantitative estimate of drug-likeness (QED) is 0.655. The standard InChI is InChI=1S/C17H23N3O3S/c1-13-3-5-15(6-4-13)24-10-2-7-18-16(21)19-8-9-20-14(11-19)12-23-17(20)22/h3-6,14H,2,7-12H2,1H3,(H,18,21)/t14-/m1/s1. The number of benzene rings is 1. The number of carbonyl (C=O) groups is 2. The fourth-order valence-corrected chi connectivity index (χ4v) is 3.73. The minimum absolute atomic E-state index is 0.00842. The van der Waals surface area contributed by atoms with Gasteiger partial charge in [0.15, 0.2) is 0 Å². The molecule has 0 unspecified atom stereocenters. The second kappa shape index (κ2) is 7.79. The lowest BCUT2D eigenvalue weighted by molar-refractivity contribution is 0.127. The number of piperazine rings is 1. The molecule has 3 rings (SSSR count). The molecular formula is C17H23N3O3S. The van der Waals surface area contributed by atoms with E-state index in [0.29, 0.717) is 32.8 Å². The molecule has 1 aromatic rings. The third kappa shape index (κ3) is 4.14. The van der Waals surface area contributed by atoms with E-state index in [1.165, 1.54) is 10.5 Å². The minimum atomic E-state index is -0.256. The predicted molar refractivity (Wildman–Crippen MR) is 93.3 cm³/mol. The Bertz CT molecular complexity index is 593. The van der Waals surface area contributed by atoms with E-state index < -0.39 is 0 Å². The van der Waals surface area contributed by atoms with Gasteiger partial charge in [-0.3, -0.25) is 4.90 Å². The van der Waals surface area contributed by atoms with Gasteiger partial charge in [-0.25, -0.2) is 9.59 Å². The lowest BCUT2D eigenvalue weighted by Gasteiger charge is -2.35. The third-order valence-electron chi connectivity index (χ3n) is 4.29. The molecule has 2 aliphatic heterocycles. The summed E-state index contributed by atoms with van der Waals surface area (Å²) in [7, 11) is 0.